The summed E-state index contributed by atoms with van der Waals surface area (Å²) in [6.07, 6.45) is 2.26. The van der Waals surface area contributed by atoms with Crippen molar-refractivity contribution in [2.45, 2.75) is 39.3 Å². The predicted octanol–water partition coefficient (Wildman–Crippen LogP) is 2.03. The number of nitrogens with zero attached hydrogens (tertiary/aromatic N) is 3. The summed E-state index contributed by atoms with van der Waals surface area (Å²) in [5, 5.41) is 6.92. The van der Waals surface area contributed by atoms with Crippen LogP contribution in [0, 0.1) is 0 Å². The van der Waals surface area contributed by atoms with Crippen LogP contribution in [0.3, 0.4) is 0 Å². The fourth-order valence-electron chi connectivity index (χ4n) is 2.98. The maximum absolute atomic E-state index is 12.4. The monoisotopic (exact) mass is 354 g/mol. The molecule has 0 spiro atoms. The van der Waals surface area contributed by atoms with E-state index in [2.05, 4.69) is 10.4 Å². The summed E-state index contributed by atoms with van der Waals surface area (Å²) < 4.78 is 1.30. The van der Waals surface area contributed by atoms with Gasteiger partial charge in [-0.05, 0) is 36.6 Å². The summed E-state index contributed by atoms with van der Waals surface area (Å²) in [6, 6.07) is 10.2. The molecule has 0 aliphatic carbocycles. The second-order valence-corrected chi connectivity index (χ2v) is 6.35. The van der Waals surface area contributed by atoms with Crippen molar-refractivity contribution in [1.82, 2.24) is 14.7 Å². The number of likely N-dealkylation sites (tertiary alicyclic amines) is 1. The van der Waals surface area contributed by atoms with Gasteiger partial charge in [-0.2, -0.15) is 5.10 Å². The third kappa shape index (κ3) is 4.17. The SMILES string of the molecule is CCCn1nc(C(=O)Nc2cccc(CN3CCCC3=O)c2)ccc1=O. The van der Waals surface area contributed by atoms with Crippen LogP contribution in [0.1, 0.15) is 42.2 Å². The van der Waals surface area contributed by atoms with Gasteiger partial charge < -0.3 is 10.2 Å². The third-order valence-electron chi connectivity index (χ3n) is 4.26. The molecule has 0 saturated carbocycles. The zero-order valence-electron chi connectivity index (χ0n) is 14.8. The van der Waals surface area contributed by atoms with Gasteiger partial charge in [0, 0.05) is 37.8 Å². The number of carbonyl (C=O) groups is 2. The third-order valence-corrected chi connectivity index (χ3v) is 4.26. The number of anilines is 1. The van der Waals surface area contributed by atoms with E-state index in [0.717, 1.165) is 24.9 Å². The zero-order chi connectivity index (χ0) is 18.5. The first-order valence-electron chi connectivity index (χ1n) is 8.83. The Balaban J connectivity index is 1.71. The molecular formula is C19H22N4O3. The van der Waals surface area contributed by atoms with Gasteiger partial charge in [0.15, 0.2) is 0 Å². The van der Waals surface area contributed by atoms with Crippen molar-refractivity contribution in [1.29, 1.82) is 0 Å². The molecule has 0 atom stereocenters. The first-order valence-corrected chi connectivity index (χ1v) is 8.83. The van der Waals surface area contributed by atoms with Crippen LogP contribution in [0.5, 0.6) is 0 Å². The molecule has 2 aromatic rings. The lowest BCUT2D eigenvalue weighted by Gasteiger charge is -2.16. The number of aryl methyl sites for hydroxylation is 1. The number of aromatic nitrogens is 2. The quantitative estimate of drug-likeness (QED) is 0.860. The first kappa shape index (κ1) is 17.8. The molecule has 1 N–H and O–H groups in total. The molecular weight excluding hydrogens is 332 g/mol. The highest BCUT2D eigenvalue weighted by Gasteiger charge is 2.20. The molecule has 1 fully saturated rings. The van der Waals surface area contributed by atoms with E-state index in [1.165, 1.54) is 16.8 Å². The Hall–Kier alpha value is -2.96. The van der Waals surface area contributed by atoms with E-state index in [9.17, 15) is 14.4 Å². The number of benzene rings is 1. The average Bonchev–Trinajstić information content (AvgIpc) is 3.02. The van der Waals surface area contributed by atoms with Crippen LogP contribution >= 0.6 is 0 Å². The lowest BCUT2D eigenvalue weighted by atomic mass is 10.2. The van der Waals surface area contributed by atoms with Crippen LogP contribution in [0.2, 0.25) is 0 Å². The van der Waals surface area contributed by atoms with Gasteiger partial charge >= 0.3 is 0 Å². The molecule has 0 unspecified atom stereocenters. The maximum atomic E-state index is 12.4. The molecule has 2 amide bonds. The number of hydrogen-bond donors (Lipinski definition) is 1. The standard InChI is InChI=1S/C19H22N4O3/c1-2-10-23-18(25)9-8-16(21-23)19(26)20-15-6-3-5-14(12-15)13-22-11-4-7-17(22)24/h3,5-6,8-9,12H,2,4,7,10-11,13H2,1H3,(H,20,26). The Bertz CT molecular complexity index is 875. The van der Waals surface area contributed by atoms with Crippen LogP contribution < -0.4 is 10.9 Å². The predicted molar refractivity (Wildman–Crippen MR) is 97.8 cm³/mol. The van der Waals surface area contributed by atoms with Crippen LogP contribution in [-0.2, 0) is 17.9 Å². The Morgan fingerprint density at radius 3 is 2.81 bits per heavy atom. The Morgan fingerprint density at radius 2 is 2.08 bits per heavy atom. The van der Waals surface area contributed by atoms with E-state index >= 15 is 0 Å². The highest BCUT2D eigenvalue weighted by Crippen LogP contribution is 2.17. The van der Waals surface area contributed by atoms with Crippen molar-refractivity contribution in [2.24, 2.45) is 0 Å². The van der Waals surface area contributed by atoms with Gasteiger partial charge in [0.1, 0.15) is 5.69 Å². The molecule has 136 valence electrons. The van der Waals surface area contributed by atoms with Gasteiger partial charge in [-0.25, -0.2) is 4.68 Å². The molecule has 3 rings (SSSR count). The van der Waals surface area contributed by atoms with Gasteiger partial charge in [-0.15, -0.1) is 0 Å². The van der Waals surface area contributed by atoms with Crippen molar-refractivity contribution in [2.75, 3.05) is 11.9 Å². The fraction of sp³-hybridized carbons (Fsp3) is 0.368. The van der Waals surface area contributed by atoms with E-state index < -0.39 is 0 Å². The molecule has 1 aliphatic heterocycles. The van der Waals surface area contributed by atoms with Gasteiger partial charge in [0.2, 0.25) is 5.91 Å². The van der Waals surface area contributed by atoms with Gasteiger partial charge in [0.05, 0.1) is 0 Å². The number of hydrogen-bond acceptors (Lipinski definition) is 4. The van der Waals surface area contributed by atoms with Crippen molar-refractivity contribution >= 4 is 17.5 Å². The second kappa shape index (κ2) is 7.95. The van der Waals surface area contributed by atoms with Gasteiger partial charge in [-0.3, -0.25) is 14.4 Å². The summed E-state index contributed by atoms with van der Waals surface area (Å²) in [5.41, 5.74) is 1.56. The number of amides is 2. The van der Waals surface area contributed by atoms with Crippen molar-refractivity contribution < 1.29 is 9.59 Å². The lowest BCUT2D eigenvalue weighted by Crippen LogP contribution is -2.26. The summed E-state index contributed by atoms with van der Waals surface area (Å²) in [4.78, 5) is 37.7. The minimum absolute atomic E-state index is 0.168. The molecule has 1 aromatic heterocycles. The highest BCUT2D eigenvalue weighted by molar-refractivity contribution is 6.02. The number of nitrogens with one attached hydrogen (secondary N) is 1. The smallest absolute Gasteiger partial charge is 0.276 e. The van der Waals surface area contributed by atoms with E-state index in [1.807, 2.05) is 30.0 Å². The van der Waals surface area contributed by atoms with E-state index in [0.29, 0.717) is 25.2 Å². The molecule has 1 aromatic carbocycles. The van der Waals surface area contributed by atoms with E-state index in [1.54, 1.807) is 6.07 Å². The van der Waals surface area contributed by atoms with E-state index in [4.69, 9.17) is 0 Å². The Kier molecular flexibility index (Phi) is 5.46. The Morgan fingerprint density at radius 1 is 1.23 bits per heavy atom. The van der Waals surface area contributed by atoms with Crippen LogP contribution in [0.4, 0.5) is 5.69 Å². The van der Waals surface area contributed by atoms with Crippen LogP contribution in [-0.4, -0.2) is 33.0 Å². The summed E-state index contributed by atoms with van der Waals surface area (Å²) in [5.74, 6) is -0.203. The second-order valence-electron chi connectivity index (χ2n) is 6.35. The van der Waals surface area contributed by atoms with Crippen LogP contribution in [0.25, 0.3) is 0 Å². The average molecular weight is 354 g/mol. The van der Waals surface area contributed by atoms with E-state index in [-0.39, 0.29) is 23.1 Å². The van der Waals surface area contributed by atoms with Crippen molar-refractivity contribution in [3.05, 3.63) is 58.0 Å². The molecule has 7 nitrogen and oxygen atoms in total. The number of rotatable bonds is 6. The molecule has 7 heteroatoms. The fourth-order valence-corrected chi connectivity index (χ4v) is 2.98. The minimum atomic E-state index is -0.371. The summed E-state index contributed by atoms with van der Waals surface area (Å²) >= 11 is 0. The first-order chi connectivity index (χ1) is 12.6. The van der Waals surface area contributed by atoms with Crippen molar-refractivity contribution in [3.63, 3.8) is 0 Å². The summed E-state index contributed by atoms with van der Waals surface area (Å²) in [7, 11) is 0. The number of carbonyl (C=O) groups excluding carboxylic acids is 2. The van der Waals surface area contributed by atoms with Crippen LogP contribution in [0.15, 0.2) is 41.2 Å². The zero-order valence-corrected chi connectivity index (χ0v) is 14.8. The molecule has 0 radical (unpaired) electrons. The van der Waals surface area contributed by atoms with Gasteiger partial charge in [0.25, 0.3) is 11.5 Å². The Labute approximate surface area is 151 Å². The van der Waals surface area contributed by atoms with Crippen molar-refractivity contribution in [3.8, 4) is 0 Å². The minimum Gasteiger partial charge on any atom is -0.338 e. The summed E-state index contributed by atoms with van der Waals surface area (Å²) in [6.45, 7) is 3.73. The molecule has 2 heterocycles. The highest BCUT2D eigenvalue weighted by atomic mass is 16.2. The molecule has 0 bridgehead atoms. The van der Waals surface area contributed by atoms with Gasteiger partial charge in [-0.1, -0.05) is 19.1 Å². The lowest BCUT2D eigenvalue weighted by molar-refractivity contribution is -0.128. The topological polar surface area (TPSA) is 84.3 Å². The largest absolute Gasteiger partial charge is 0.338 e. The molecule has 1 aliphatic rings. The molecule has 1 saturated heterocycles. The normalized spacial score (nSPS) is 13.9. The maximum Gasteiger partial charge on any atom is 0.276 e. The molecule has 26 heavy (non-hydrogen) atoms.